The molecule has 1 saturated heterocycles. The SMILES string of the molecule is O=C(C[C@H]1SC(=NNc2ccccc2)NC1=O)Nc1cccc2ccccc12. The highest BCUT2D eigenvalue weighted by Gasteiger charge is 2.32. The van der Waals surface area contributed by atoms with Crippen LogP contribution in [0.4, 0.5) is 11.4 Å². The second-order valence-electron chi connectivity index (χ2n) is 6.27. The van der Waals surface area contributed by atoms with Gasteiger partial charge in [-0.05, 0) is 23.6 Å². The number of amidine groups is 1. The van der Waals surface area contributed by atoms with Gasteiger partial charge in [0.1, 0.15) is 5.25 Å². The van der Waals surface area contributed by atoms with Crippen molar-refractivity contribution >= 4 is 50.9 Å². The van der Waals surface area contributed by atoms with Crippen molar-refractivity contribution in [3.63, 3.8) is 0 Å². The molecule has 3 aromatic rings. The van der Waals surface area contributed by atoms with Crippen LogP contribution in [0.2, 0.25) is 0 Å². The van der Waals surface area contributed by atoms with Crippen molar-refractivity contribution in [2.75, 3.05) is 10.7 Å². The Balaban J connectivity index is 1.38. The Morgan fingerprint density at radius 1 is 1.00 bits per heavy atom. The zero-order chi connectivity index (χ0) is 19.3. The van der Waals surface area contributed by atoms with Gasteiger partial charge in [0, 0.05) is 17.5 Å². The second kappa shape index (κ2) is 8.14. The smallest absolute Gasteiger partial charge is 0.240 e. The third kappa shape index (κ3) is 4.15. The number of carbonyl (C=O) groups excluding carboxylic acids is 2. The number of hydrogen-bond acceptors (Lipinski definition) is 5. The van der Waals surface area contributed by atoms with E-state index in [-0.39, 0.29) is 18.2 Å². The highest BCUT2D eigenvalue weighted by molar-refractivity contribution is 8.15. The minimum absolute atomic E-state index is 0.0735. The van der Waals surface area contributed by atoms with Crippen LogP contribution in [0.15, 0.2) is 77.9 Å². The molecular weight excluding hydrogens is 372 g/mol. The number of carbonyl (C=O) groups is 2. The number of benzene rings is 3. The Hall–Kier alpha value is -3.32. The molecule has 140 valence electrons. The van der Waals surface area contributed by atoms with Crippen LogP contribution in [-0.2, 0) is 9.59 Å². The number of thioether (sulfide) groups is 1. The number of rotatable bonds is 5. The number of fused-ring (bicyclic) bond motifs is 1. The van der Waals surface area contributed by atoms with Gasteiger partial charge in [0.25, 0.3) is 0 Å². The van der Waals surface area contributed by atoms with Gasteiger partial charge in [0.2, 0.25) is 11.8 Å². The van der Waals surface area contributed by atoms with Crippen molar-refractivity contribution in [1.82, 2.24) is 5.32 Å². The van der Waals surface area contributed by atoms with E-state index in [9.17, 15) is 9.59 Å². The first kappa shape index (κ1) is 18.1. The molecule has 0 aliphatic carbocycles. The van der Waals surface area contributed by atoms with E-state index in [2.05, 4.69) is 21.2 Å². The van der Waals surface area contributed by atoms with Crippen molar-refractivity contribution in [2.24, 2.45) is 5.10 Å². The van der Waals surface area contributed by atoms with Crippen molar-refractivity contribution < 1.29 is 9.59 Å². The largest absolute Gasteiger partial charge is 0.325 e. The Labute approximate surface area is 166 Å². The van der Waals surface area contributed by atoms with Gasteiger partial charge >= 0.3 is 0 Å². The summed E-state index contributed by atoms with van der Waals surface area (Å²) in [6.07, 6.45) is 0.0735. The quantitative estimate of drug-likeness (QED) is 0.579. The molecule has 7 heteroatoms. The fourth-order valence-electron chi connectivity index (χ4n) is 2.92. The molecule has 1 atom stereocenters. The predicted molar refractivity (Wildman–Crippen MR) is 114 cm³/mol. The van der Waals surface area contributed by atoms with E-state index < -0.39 is 5.25 Å². The standard InChI is InChI=1S/C21H18N4O2S/c26-19(22-17-12-6-8-14-7-4-5-11-16(14)17)13-18-20(27)23-21(28-18)25-24-15-9-2-1-3-10-15/h1-12,18,24H,13H2,(H,22,26)(H,23,25,27)/t18-/m1/s1. The molecular formula is C21H18N4O2S. The van der Waals surface area contributed by atoms with Crippen LogP contribution < -0.4 is 16.1 Å². The van der Waals surface area contributed by atoms with Crippen LogP contribution in [0, 0.1) is 0 Å². The fraction of sp³-hybridized carbons (Fsp3) is 0.0952. The second-order valence-corrected chi connectivity index (χ2v) is 7.46. The average Bonchev–Trinajstić information content (AvgIpc) is 3.06. The van der Waals surface area contributed by atoms with Gasteiger partial charge in [0.15, 0.2) is 5.17 Å². The number of nitrogens with zero attached hydrogens (tertiary/aromatic N) is 1. The average molecular weight is 390 g/mol. The summed E-state index contributed by atoms with van der Waals surface area (Å²) < 4.78 is 0. The lowest BCUT2D eigenvalue weighted by Gasteiger charge is -2.10. The molecule has 3 N–H and O–H groups in total. The zero-order valence-corrected chi connectivity index (χ0v) is 15.7. The number of para-hydroxylation sites is 1. The summed E-state index contributed by atoms with van der Waals surface area (Å²) in [5.41, 5.74) is 4.46. The molecule has 0 saturated carbocycles. The van der Waals surface area contributed by atoms with Gasteiger partial charge in [-0.3, -0.25) is 15.0 Å². The zero-order valence-electron chi connectivity index (χ0n) is 14.9. The molecule has 0 radical (unpaired) electrons. The molecule has 28 heavy (non-hydrogen) atoms. The lowest BCUT2D eigenvalue weighted by atomic mass is 10.1. The summed E-state index contributed by atoms with van der Waals surface area (Å²) in [6.45, 7) is 0. The minimum atomic E-state index is -0.508. The normalized spacial score (nSPS) is 17.5. The van der Waals surface area contributed by atoms with Crippen LogP contribution in [0.1, 0.15) is 6.42 Å². The summed E-state index contributed by atoms with van der Waals surface area (Å²) in [6, 6.07) is 23.0. The van der Waals surface area contributed by atoms with E-state index in [1.54, 1.807) is 0 Å². The highest BCUT2D eigenvalue weighted by Crippen LogP contribution is 2.26. The Kier molecular flexibility index (Phi) is 5.25. The van der Waals surface area contributed by atoms with Crippen LogP contribution in [0.25, 0.3) is 10.8 Å². The van der Waals surface area contributed by atoms with E-state index in [0.29, 0.717) is 5.17 Å². The van der Waals surface area contributed by atoms with Crippen LogP contribution >= 0.6 is 11.8 Å². The lowest BCUT2D eigenvalue weighted by Crippen LogP contribution is -2.28. The maximum Gasteiger partial charge on any atom is 0.240 e. The molecule has 0 bridgehead atoms. The summed E-state index contributed by atoms with van der Waals surface area (Å²) in [5, 5.41) is 11.8. The first-order valence-corrected chi connectivity index (χ1v) is 9.71. The van der Waals surface area contributed by atoms with Crippen molar-refractivity contribution in [3.05, 3.63) is 72.8 Å². The summed E-state index contributed by atoms with van der Waals surface area (Å²) in [4.78, 5) is 24.7. The molecule has 1 aliphatic heterocycles. The highest BCUT2D eigenvalue weighted by atomic mass is 32.2. The predicted octanol–water partition coefficient (Wildman–Crippen LogP) is 3.78. The van der Waals surface area contributed by atoms with Crippen LogP contribution in [0.5, 0.6) is 0 Å². The van der Waals surface area contributed by atoms with Gasteiger partial charge in [-0.15, -0.1) is 5.10 Å². The molecule has 6 nitrogen and oxygen atoms in total. The van der Waals surface area contributed by atoms with Crippen LogP contribution in [0.3, 0.4) is 0 Å². The molecule has 0 aromatic heterocycles. The lowest BCUT2D eigenvalue weighted by molar-refractivity contribution is -0.122. The summed E-state index contributed by atoms with van der Waals surface area (Å²) in [7, 11) is 0. The number of hydrazone groups is 1. The van der Waals surface area contributed by atoms with Crippen molar-refractivity contribution in [2.45, 2.75) is 11.7 Å². The van der Waals surface area contributed by atoms with Gasteiger partial charge in [-0.1, -0.05) is 66.4 Å². The Morgan fingerprint density at radius 2 is 1.75 bits per heavy atom. The Morgan fingerprint density at radius 3 is 2.61 bits per heavy atom. The topological polar surface area (TPSA) is 82.6 Å². The van der Waals surface area contributed by atoms with Crippen molar-refractivity contribution in [3.8, 4) is 0 Å². The first-order chi connectivity index (χ1) is 13.7. The van der Waals surface area contributed by atoms with Gasteiger partial charge in [-0.2, -0.15) is 0 Å². The number of amides is 2. The molecule has 4 rings (SSSR count). The number of hydrogen-bond donors (Lipinski definition) is 3. The van der Waals surface area contributed by atoms with E-state index in [1.165, 1.54) is 11.8 Å². The fourth-order valence-corrected chi connectivity index (χ4v) is 3.85. The van der Waals surface area contributed by atoms with Gasteiger partial charge < -0.3 is 10.6 Å². The van der Waals surface area contributed by atoms with Gasteiger partial charge in [0.05, 0.1) is 5.69 Å². The monoisotopic (exact) mass is 390 g/mol. The molecule has 0 spiro atoms. The molecule has 3 aromatic carbocycles. The summed E-state index contributed by atoms with van der Waals surface area (Å²) >= 11 is 1.25. The van der Waals surface area contributed by atoms with Crippen molar-refractivity contribution in [1.29, 1.82) is 0 Å². The maximum absolute atomic E-state index is 12.5. The minimum Gasteiger partial charge on any atom is -0.325 e. The van der Waals surface area contributed by atoms with E-state index >= 15 is 0 Å². The maximum atomic E-state index is 12.5. The van der Waals surface area contributed by atoms with E-state index in [4.69, 9.17) is 0 Å². The van der Waals surface area contributed by atoms with E-state index in [1.807, 2.05) is 72.8 Å². The van der Waals surface area contributed by atoms with Crippen LogP contribution in [-0.4, -0.2) is 22.2 Å². The first-order valence-electron chi connectivity index (χ1n) is 8.83. The Bertz CT molecular complexity index is 1050. The van der Waals surface area contributed by atoms with Gasteiger partial charge in [-0.25, -0.2) is 0 Å². The molecule has 1 fully saturated rings. The molecule has 0 unspecified atom stereocenters. The third-order valence-corrected chi connectivity index (χ3v) is 5.35. The number of nitrogens with one attached hydrogen (secondary N) is 3. The molecule has 1 heterocycles. The number of anilines is 2. The molecule has 2 amide bonds. The summed E-state index contributed by atoms with van der Waals surface area (Å²) in [5.74, 6) is -0.423. The third-order valence-electron chi connectivity index (χ3n) is 4.27. The molecule has 1 aliphatic rings. The van der Waals surface area contributed by atoms with E-state index in [0.717, 1.165) is 22.1 Å².